The van der Waals surface area contributed by atoms with E-state index in [1.807, 2.05) is 0 Å². The molecule has 0 aromatic heterocycles. The molecule has 0 unspecified atom stereocenters. The molecule has 1 saturated carbocycles. The molecule has 0 bridgehead atoms. The summed E-state index contributed by atoms with van der Waals surface area (Å²) in [5.74, 6) is 0.281. The van der Waals surface area contributed by atoms with Crippen molar-refractivity contribution < 1.29 is 9.90 Å². The lowest BCUT2D eigenvalue weighted by Crippen LogP contribution is -2.30. The van der Waals surface area contributed by atoms with Gasteiger partial charge in [0.05, 0.1) is 6.10 Å². The van der Waals surface area contributed by atoms with Crippen molar-refractivity contribution in [1.82, 2.24) is 5.32 Å². The third-order valence-corrected chi connectivity index (χ3v) is 2.23. The Morgan fingerprint density at radius 1 is 1.64 bits per heavy atom. The van der Waals surface area contributed by atoms with Gasteiger partial charge in [-0.25, -0.2) is 0 Å². The molecule has 1 rings (SSSR count). The first-order valence-electron chi connectivity index (χ1n) is 4.12. The molecule has 0 aromatic rings. The summed E-state index contributed by atoms with van der Waals surface area (Å²) in [5, 5.41) is 12.1. The Morgan fingerprint density at radius 2 is 2.36 bits per heavy atom. The van der Waals surface area contributed by atoms with Crippen LogP contribution in [0.25, 0.3) is 0 Å². The van der Waals surface area contributed by atoms with Crippen LogP contribution in [0.2, 0.25) is 0 Å². The smallest absolute Gasteiger partial charge is 0.216 e. The van der Waals surface area contributed by atoms with Crippen molar-refractivity contribution in [3.8, 4) is 0 Å². The minimum absolute atomic E-state index is 0.0101. The number of rotatable bonds is 2. The van der Waals surface area contributed by atoms with Crippen LogP contribution in [0.4, 0.5) is 0 Å². The van der Waals surface area contributed by atoms with Crippen LogP contribution in [0.5, 0.6) is 0 Å². The minimum Gasteiger partial charge on any atom is -0.393 e. The summed E-state index contributed by atoms with van der Waals surface area (Å²) in [6.45, 7) is 2.14. The first kappa shape index (κ1) is 8.53. The molecule has 1 amide bonds. The predicted molar refractivity (Wildman–Crippen MR) is 42.0 cm³/mol. The number of aliphatic hydroxyl groups excluding tert-OH is 1. The average molecular weight is 157 g/mol. The fraction of sp³-hybridized carbons (Fsp3) is 0.875. The minimum atomic E-state index is -0.193. The summed E-state index contributed by atoms with van der Waals surface area (Å²) >= 11 is 0. The fourth-order valence-corrected chi connectivity index (χ4v) is 1.53. The van der Waals surface area contributed by atoms with Crippen LogP contribution in [0.15, 0.2) is 0 Å². The van der Waals surface area contributed by atoms with E-state index in [1.165, 1.54) is 6.92 Å². The highest BCUT2D eigenvalue weighted by atomic mass is 16.3. The molecule has 2 N–H and O–H groups in total. The zero-order chi connectivity index (χ0) is 8.27. The van der Waals surface area contributed by atoms with E-state index in [9.17, 15) is 9.90 Å². The van der Waals surface area contributed by atoms with Crippen molar-refractivity contribution >= 4 is 5.91 Å². The van der Waals surface area contributed by atoms with Gasteiger partial charge in [-0.1, -0.05) is 6.42 Å². The lowest BCUT2D eigenvalue weighted by Gasteiger charge is -2.13. The molecule has 0 spiro atoms. The van der Waals surface area contributed by atoms with Crippen LogP contribution in [-0.4, -0.2) is 23.7 Å². The SMILES string of the molecule is CC(=O)NC[C@H]1CCC[C@@H]1O. The van der Waals surface area contributed by atoms with Gasteiger partial charge in [-0.2, -0.15) is 0 Å². The molecule has 1 fully saturated rings. The molecule has 11 heavy (non-hydrogen) atoms. The maximum Gasteiger partial charge on any atom is 0.216 e. The highest BCUT2D eigenvalue weighted by Crippen LogP contribution is 2.24. The summed E-state index contributed by atoms with van der Waals surface area (Å²) in [4.78, 5) is 10.5. The van der Waals surface area contributed by atoms with Gasteiger partial charge >= 0.3 is 0 Å². The summed E-state index contributed by atoms with van der Waals surface area (Å²) in [6, 6.07) is 0. The maximum absolute atomic E-state index is 10.5. The Labute approximate surface area is 66.8 Å². The molecule has 3 nitrogen and oxygen atoms in total. The van der Waals surface area contributed by atoms with Gasteiger partial charge in [-0.05, 0) is 12.8 Å². The zero-order valence-corrected chi connectivity index (χ0v) is 6.84. The standard InChI is InChI=1S/C8H15NO2/c1-6(10)9-5-7-3-2-4-8(7)11/h7-8,11H,2-5H2,1H3,(H,9,10)/t7-,8+/m1/s1. The van der Waals surface area contributed by atoms with Gasteiger partial charge in [-0.3, -0.25) is 4.79 Å². The highest BCUT2D eigenvalue weighted by molar-refractivity contribution is 5.72. The Morgan fingerprint density at radius 3 is 2.82 bits per heavy atom. The van der Waals surface area contributed by atoms with Crippen LogP contribution in [-0.2, 0) is 4.79 Å². The summed E-state index contributed by atoms with van der Waals surface area (Å²) in [5.41, 5.74) is 0. The quantitative estimate of drug-likeness (QED) is 0.605. The molecular formula is C8H15NO2. The third-order valence-electron chi connectivity index (χ3n) is 2.23. The van der Waals surface area contributed by atoms with E-state index < -0.39 is 0 Å². The van der Waals surface area contributed by atoms with Crippen molar-refractivity contribution in [3.05, 3.63) is 0 Å². The van der Waals surface area contributed by atoms with E-state index in [4.69, 9.17) is 0 Å². The topological polar surface area (TPSA) is 49.3 Å². The molecule has 2 atom stereocenters. The van der Waals surface area contributed by atoms with E-state index in [0.717, 1.165) is 19.3 Å². The Kier molecular flexibility index (Phi) is 2.88. The third kappa shape index (κ3) is 2.50. The van der Waals surface area contributed by atoms with Gasteiger partial charge < -0.3 is 10.4 Å². The Hall–Kier alpha value is -0.570. The molecule has 0 saturated heterocycles. The Bertz CT molecular complexity index is 147. The van der Waals surface area contributed by atoms with Crippen molar-refractivity contribution in [2.24, 2.45) is 5.92 Å². The molecule has 0 aromatic carbocycles. The van der Waals surface area contributed by atoms with E-state index in [0.29, 0.717) is 12.5 Å². The first-order chi connectivity index (χ1) is 5.20. The molecule has 0 heterocycles. The van der Waals surface area contributed by atoms with Gasteiger partial charge in [0.25, 0.3) is 0 Å². The number of hydrogen-bond donors (Lipinski definition) is 2. The molecule has 0 aliphatic heterocycles. The number of nitrogens with one attached hydrogen (secondary N) is 1. The van der Waals surface area contributed by atoms with Gasteiger partial charge in [0.15, 0.2) is 0 Å². The van der Waals surface area contributed by atoms with Gasteiger partial charge in [0, 0.05) is 19.4 Å². The maximum atomic E-state index is 10.5. The van der Waals surface area contributed by atoms with Crippen LogP contribution >= 0.6 is 0 Å². The first-order valence-corrected chi connectivity index (χ1v) is 4.12. The van der Waals surface area contributed by atoms with Crippen LogP contribution in [0.1, 0.15) is 26.2 Å². The molecule has 1 aliphatic rings. The second-order valence-corrected chi connectivity index (χ2v) is 3.20. The Balaban J connectivity index is 2.20. The predicted octanol–water partition coefficient (Wildman–Crippen LogP) is 0.283. The molecule has 64 valence electrons. The number of amides is 1. The van der Waals surface area contributed by atoms with Crippen molar-refractivity contribution in [2.75, 3.05) is 6.54 Å². The largest absolute Gasteiger partial charge is 0.393 e. The van der Waals surface area contributed by atoms with Crippen molar-refractivity contribution in [3.63, 3.8) is 0 Å². The van der Waals surface area contributed by atoms with E-state index in [2.05, 4.69) is 5.32 Å². The van der Waals surface area contributed by atoms with Crippen molar-refractivity contribution in [2.45, 2.75) is 32.3 Å². The van der Waals surface area contributed by atoms with E-state index >= 15 is 0 Å². The molecule has 1 aliphatic carbocycles. The lowest BCUT2D eigenvalue weighted by molar-refractivity contribution is -0.119. The van der Waals surface area contributed by atoms with E-state index in [-0.39, 0.29) is 12.0 Å². The zero-order valence-electron chi connectivity index (χ0n) is 6.84. The highest BCUT2D eigenvalue weighted by Gasteiger charge is 2.24. The fourth-order valence-electron chi connectivity index (χ4n) is 1.53. The second kappa shape index (κ2) is 3.72. The monoisotopic (exact) mass is 157 g/mol. The number of aliphatic hydroxyl groups is 1. The van der Waals surface area contributed by atoms with Crippen LogP contribution in [0, 0.1) is 5.92 Å². The van der Waals surface area contributed by atoms with E-state index in [1.54, 1.807) is 0 Å². The lowest BCUT2D eigenvalue weighted by atomic mass is 10.1. The second-order valence-electron chi connectivity index (χ2n) is 3.20. The molecular weight excluding hydrogens is 142 g/mol. The normalized spacial score (nSPS) is 30.4. The molecule has 3 heteroatoms. The van der Waals surface area contributed by atoms with Crippen LogP contribution in [0.3, 0.4) is 0 Å². The summed E-state index contributed by atoms with van der Waals surface area (Å²) < 4.78 is 0. The number of hydrogen-bond acceptors (Lipinski definition) is 2. The summed E-state index contributed by atoms with van der Waals surface area (Å²) in [6.07, 6.45) is 2.83. The van der Waals surface area contributed by atoms with Gasteiger partial charge in [0.2, 0.25) is 5.91 Å². The van der Waals surface area contributed by atoms with Crippen molar-refractivity contribution in [1.29, 1.82) is 0 Å². The van der Waals surface area contributed by atoms with Gasteiger partial charge in [-0.15, -0.1) is 0 Å². The number of carbonyl (C=O) groups excluding carboxylic acids is 1. The summed E-state index contributed by atoms with van der Waals surface area (Å²) in [7, 11) is 0. The number of carbonyl (C=O) groups is 1. The van der Waals surface area contributed by atoms with Crippen LogP contribution < -0.4 is 5.32 Å². The average Bonchev–Trinajstić information content (AvgIpc) is 2.31. The molecule has 0 radical (unpaired) electrons. The van der Waals surface area contributed by atoms with Gasteiger partial charge in [0.1, 0.15) is 0 Å².